The van der Waals surface area contributed by atoms with Crippen LogP contribution in [0.2, 0.25) is 0 Å². The minimum atomic E-state index is -1.29. The van der Waals surface area contributed by atoms with Crippen LogP contribution < -0.4 is 5.32 Å². The SMILES string of the molecule is CC[C@H](CC(=O)N1CC2CCOC2(C(=O)O)C1)NC(=O)OCC1c2ccccc2-c2ccccc21. The quantitative estimate of drug-likeness (QED) is 0.632. The summed E-state index contributed by atoms with van der Waals surface area (Å²) < 4.78 is 11.2. The summed E-state index contributed by atoms with van der Waals surface area (Å²) in [6.45, 7) is 2.92. The van der Waals surface area contributed by atoms with Crippen LogP contribution in [-0.2, 0) is 19.1 Å². The number of aliphatic carboxylic acids is 1. The maximum absolute atomic E-state index is 12.9. The number of carbonyl (C=O) groups excluding carboxylic acids is 2. The number of rotatable bonds is 7. The van der Waals surface area contributed by atoms with E-state index in [1.165, 1.54) is 0 Å². The second kappa shape index (κ2) is 9.34. The van der Waals surface area contributed by atoms with Crippen LogP contribution in [0, 0.1) is 5.92 Å². The van der Waals surface area contributed by atoms with Crippen molar-refractivity contribution in [3.05, 3.63) is 59.7 Å². The van der Waals surface area contributed by atoms with Crippen LogP contribution in [0.15, 0.2) is 48.5 Å². The molecule has 2 aromatic rings. The molecule has 8 heteroatoms. The fourth-order valence-corrected chi connectivity index (χ4v) is 5.70. The van der Waals surface area contributed by atoms with Gasteiger partial charge >= 0.3 is 12.1 Å². The van der Waals surface area contributed by atoms with Crippen molar-refractivity contribution in [2.75, 3.05) is 26.3 Å². The van der Waals surface area contributed by atoms with Crippen LogP contribution in [0.3, 0.4) is 0 Å². The Hall–Kier alpha value is -3.39. The minimum absolute atomic E-state index is 0.0360. The van der Waals surface area contributed by atoms with Gasteiger partial charge in [-0.3, -0.25) is 4.79 Å². The van der Waals surface area contributed by atoms with E-state index in [2.05, 4.69) is 29.6 Å². The van der Waals surface area contributed by atoms with E-state index < -0.39 is 23.7 Å². The number of ether oxygens (including phenoxy) is 2. The van der Waals surface area contributed by atoms with Gasteiger partial charge in [0.25, 0.3) is 0 Å². The van der Waals surface area contributed by atoms with E-state index in [1.54, 1.807) is 4.90 Å². The van der Waals surface area contributed by atoms with E-state index in [-0.39, 0.29) is 37.3 Å². The lowest BCUT2D eigenvalue weighted by Crippen LogP contribution is -2.46. The molecule has 2 unspecified atom stereocenters. The van der Waals surface area contributed by atoms with E-state index in [1.807, 2.05) is 31.2 Å². The van der Waals surface area contributed by atoms with Gasteiger partial charge < -0.3 is 24.8 Å². The van der Waals surface area contributed by atoms with Crippen LogP contribution in [-0.4, -0.2) is 65.9 Å². The number of alkyl carbamates (subject to hydrolysis) is 1. The number of fused-ring (bicyclic) bond motifs is 4. The summed E-state index contributed by atoms with van der Waals surface area (Å²) >= 11 is 0. The summed E-state index contributed by atoms with van der Waals surface area (Å²) in [6, 6.07) is 15.9. The number of carboxylic acids is 1. The van der Waals surface area contributed by atoms with Crippen molar-refractivity contribution in [3.63, 3.8) is 0 Å². The van der Waals surface area contributed by atoms with Gasteiger partial charge in [0.05, 0.1) is 6.54 Å². The highest BCUT2D eigenvalue weighted by Crippen LogP contribution is 2.44. The molecule has 2 heterocycles. The first-order valence-electron chi connectivity index (χ1n) is 12.2. The van der Waals surface area contributed by atoms with Crippen molar-refractivity contribution >= 4 is 18.0 Å². The average molecular weight is 479 g/mol. The molecule has 2 saturated heterocycles. The Morgan fingerprint density at radius 2 is 1.80 bits per heavy atom. The number of benzene rings is 2. The molecule has 2 N–H and O–H groups in total. The average Bonchev–Trinajstić information content (AvgIpc) is 3.52. The zero-order chi connectivity index (χ0) is 24.6. The number of nitrogens with zero attached hydrogens (tertiary/aromatic N) is 1. The number of amides is 2. The van der Waals surface area contributed by atoms with Gasteiger partial charge in [-0.25, -0.2) is 9.59 Å². The van der Waals surface area contributed by atoms with Crippen LogP contribution in [0.1, 0.15) is 43.2 Å². The van der Waals surface area contributed by atoms with Crippen LogP contribution in [0.5, 0.6) is 0 Å². The van der Waals surface area contributed by atoms with Gasteiger partial charge in [-0.1, -0.05) is 55.5 Å². The summed E-state index contributed by atoms with van der Waals surface area (Å²) in [5.74, 6) is -1.43. The second-order valence-corrected chi connectivity index (χ2v) is 9.58. The fraction of sp³-hybridized carbons (Fsp3) is 0.444. The van der Waals surface area contributed by atoms with Gasteiger partial charge in [-0.2, -0.15) is 0 Å². The van der Waals surface area contributed by atoms with Gasteiger partial charge in [-0.05, 0) is 35.1 Å². The molecule has 5 rings (SSSR count). The number of carboxylic acid groups (broad SMARTS) is 1. The van der Waals surface area contributed by atoms with Gasteiger partial charge in [-0.15, -0.1) is 0 Å². The molecule has 35 heavy (non-hydrogen) atoms. The standard InChI is InChI=1S/C27H30N2O6/c1-2-18(13-24(30)29-14-17-11-12-35-27(17,16-29)25(31)32)28-26(33)34-15-23-21-9-5-3-7-19(21)20-8-4-6-10-22(20)23/h3-10,17-18,23H,2,11-16H2,1H3,(H,28,33)(H,31,32)/t17?,18-,27?/m1/s1. The molecule has 1 aliphatic carbocycles. The van der Waals surface area contributed by atoms with Gasteiger partial charge in [0.1, 0.15) is 6.61 Å². The lowest BCUT2D eigenvalue weighted by atomic mass is 9.91. The smallest absolute Gasteiger partial charge is 0.407 e. The van der Waals surface area contributed by atoms with Crippen molar-refractivity contribution in [2.45, 2.75) is 43.7 Å². The van der Waals surface area contributed by atoms with Gasteiger partial charge in [0.2, 0.25) is 5.91 Å². The molecule has 2 fully saturated rings. The highest BCUT2D eigenvalue weighted by Gasteiger charge is 2.57. The van der Waals surface area contributed by atoms with Gasteiger partial charge in [0, 0.05) is 37.5 Å². The van der Waals surface area contributed by atoms with E-state index in [0.717, 1.165) is 22.3 Å². The molecule has 2 amide bonds. The molecule has 0 saturated carbocycles. The molecule has 2 aromatic carbocycles. The summed E-state index contributed by atoms with van der Waals surface area (Å²) in [4.78, 5) is 38.9. The summed E-state index contributed by atoms with van der Waals surface area (Å²) in [7, 11) is 0. The van der Waals surface area contributed by atoms with E-state index in [4.69, 9.17) is 9.47 Å². The largest absolute Gasteiger partial charge is 0.479 e. The normalized spacial score (nSPS) is 23.3. The topological polar surface area (TPSA) is 105 Å². The number of hydrogen-bond acceptors (Lipinski definition) is 5. The molecule has 3 atom stereocenters. The molecule has 0 spiro atoms. The Labute approximate surface area is 204 Å². The van der Waals surface area contributed by atoms with Crippen molar-refractivity contribution < 1.29 is 29.0 Å². The Kier molecular flexibility index (Phi) is 6.23. The van der Waals surface area contributed by atoms with Crippen molar-refractivity contribution in [1.29, 1.82) is 0 Å². The zero-order valence-electron chi connectivity index (χ0n) is 19.7. The first-order chi connectivity index (χ1) is 16.9. The molecular weight excluding hydrogens is 448 g/mol. The molecule has 0 radical (unpaired) electrons. The van der Waals surface area contributed by atoms with E-state index >= 15 is 0 Å². The van der Waals surface area contributed by atoms with Crippen LogP contribution >= 0.6 is 0 Å². The third-order valence-corrected chi connectivity index (χ3v) is 7.65. The number of carbonyl (C=O) groups is 3. The third-order valence-electron chi connectivity index (χ3n) is 7.65. The third kappa shape index (κ3) is 4.16. The first-order valence-corrected chi connectivity index (χ1v) is 12.2. The van der Waals surface area contributed by atoms with Crippen molar-refractivity contribution in [1.82, 2.24) is 10.2 Å². The molecular formula is C27H30N2O6. The monoisotopic (exact) mass is 478 g/mol. The number of nitrogens with one attached hydrogen (secondary N) is 1. The summed E-state index contributed by atoms with van der Waals surface area (Å²) in [5, 5.41) is 12.5. The zero-order valence-corrected chi connectivity index (χ0v) is 19.7. The van der Waals surface area contributed by atoms with E-state index in [0.29, 0.717) is 26.0 Å². The number of hydrogen-bond donors (Lipinski definition) is 2. The maximum atomic E-state index is 12.9. The van der Waals surface area contributed by atoms with Crippen LogP contribution in [0.4, 0.5) is 4.79 Å². The summed E-state index contributed by atoms with van der Waals surface area (Å²) in [6.07, 6.45) is 0.706. The Balaban J connectivity index is 1.17. The molecule has 2 aliphatic heterocycles. The minimum Gasteiger partial charge on any atom is -0.479 e. The highest BCUT2D eigenvalue weighted by molar-refractivity contribution is 5.84. The lowest BCUT2D eigenvalue weighted by molar-refractivity contribution is -0.161. The second-order valence-electron chi connectivity index (χ2n) is 9.58. The summed E-state index contributed by atoms with van der Waals surface area (Å²) in [5.41, 5.74) is 3.30. The molecule has 0 aromatic heterocycles. The molecule has 3 aliphatic rings. The van der Waals surface area contributed by atoms with Crippen LogP contribution in [0.25, 0.3) is 11.1 Å². The number of likely N-dealkylation sites (tertiary alicyclic amines) is 1. The van der Waals surface area contributed by atoms with Crippen molar-refractivity contribution in [2.24, 2.45) is 5.92 Å². The Bertz CT molecular complexity index is 1100. The molecule has 8 nitrogen and oxygen atoms in total. The highest BCUT2D eigenvalue weighted by atomic mass is 16.5. The first kappa shape index (κ1) is 23.4. The predicted octanol–water partition coefficient (Wildman–Crippen LogP) is 3.40. The maximum Gasteiger partial charge on any atom is 0.407 e. The lowest BCUT2D eigenvalue weighted by Gasteiger charge is -2.24. The Morgan fingerprint density at radius 1 is 1.14 bits per heavy atom. The van der Waals surface area contributed by atoms with Crippen molar-refractivity contribution in [3.8, 4) is 11.1 Å². The predicted molar refractivity (Wildman–Crippen MR) is 128 cm³/mol. The van der Waals surface area contributed by atoms with E-state index in [9.17, 15) is 19.5 Å². The van der Waals surface area contributed by atoms with Gasteiger partial charge in [0.15, 0.2) is 5.60 Å². The molecule has 184 valence electrons. The molecule has 0 bridgehead atoms. The Morgan fingerprint density at radius 3 is 2.40 bits per heavy atom. The fourth-order valence-electron chi connectivity index (χ4n) is 5.70.